The summed E-state index contributed by atoms with van der Waals surface area (Å²) in [5, 5.41) is 11.0. The second-order valence-corrected chi connectivity index (χ2v) is 4.19. The minimum Gasteiger partial charge on any atom is -0.372 e. The molecule has 2 aromatic rings. The molecule has 4 heteroatoms. The molecule has 17 heavy (non-hydrogen) atoms. The van der Waals surface area contributed by atoms with Gasteiger partial charge in [0.05, 0.1) is 6.20 Å². The van der Waals surface area contributed by atoms with Crippen molar-refractivity contribution in [2.24, 2.45) is 0 Å². The zero-order chi connectivity index (χ0) is 12.4. The Kier molecular flexibility index (Phi) is 3.04. The van der Waals surface area contributed by atoms with Crippen LogP contribution in [-0.2, 0) is 0 Å². The first-order valence-electron chi connectivity index (χ1n) is 5.57. The lowest BCUT2D eigenvalue weighted by Crippen LogP contribution is -2.01. The second kappa shape index (κ2) is 4.49. The SMILES string of the molecule is CNc1cnnc(-c2c(C)cc(C)cc2C)n1. The molecule has 0 fully saturated rings. The number of nitrogens with one attached hydrogen (secondary N) is 1. The van der Waals surface area contributed by atoms with Gasteiger partial charge in [-0.1, -0.05) is 17.7 Å². The van der Waals surface area contributed by atoms with Crippen LogP contribution < -0.4 is 5.32 Å². The molecule has 0 aliphatic rings. The molecule has 0 amide bonds. The summed E-state index contributed by atoms with van der Waals surface area (Å²) in [5.74, 6) is 1.40. The van der Waals surface area contributed by atoms with Gasteiger partial charge in [0, 0.05) is 12.6 Å². The summed E-state index contributed by atoms with van der Waals surface area (Å²) in [6.07, 6.45) is 1.61. The quantitative estimate of drug-likeness (QED) is 0.858. The van der Waals surface area contributed by atoms with Gasteiger partial charge in [0.1, 0.15) is 5.82 Å². The van der Waals surface area contributed by atoms with Crippen molar-refractivity contribution in [3.8, 4) is 11.4 Å². The zero-order valence-electron chi connectivity index (χ0n) is 10.6. The predicted molar refractivity (Wildman–Crippen MR) is 69.0 cm³/mol. The van der Waals surface area contributed by atoms with Crippen molar-refractivity contribution in [2.45, 2.75) is 20.8 Å². The third-order valence-electron chi connectivity index (χ3n) is 2.72. The molecule has 1 aromatic carbocycles. The monoisotopic (exact) mass is 228 g/mol. The maximum absolute atomic E-state index is 4.43. The smallest absolute Gasteiger partial charge is 0.184 e. The summed E-state index contributed by atoms with van der Waals surface area (Å²) < 4.78 is 0. The average molecular weight is 228 g/mol. The van der Waals surface area contributed by atoms with E-state index < -0.39 is 0 Å². The molecular formula is C13H16N4. The molecule has 1 N–H and O–H groups in total. The summed E-state index contributed by atoms with van der Waals surface area (Å²) in [6, 6.07) is 4.27. The van der Waals surface area contributed by atoms with E-state index in [1.165, 1.54) is 16.7 Å². The lowest BCUT2D eigenvalue weighted by atomic mass is 9.99. The molecule has 1 heterocycles. The minimum atomic E-state index is 0.673. The van der Waals surface area contributed by atoms with Crippen molar-refractivity contribution in [3.05, 3.63) is 35.0 Å². The number of hydrogen-bond donors (Lipinski definition) is 1. The van der Waals surface area contributed by atoms with Crippen LogP contribution in [0.4, 0.5) is 5.82 Å². The van der Waals surface area contributed by atoms with E-state index in [-0.39, 0.29) is 0 Å². The van der Waals surface area contributed by atoms with E-state index in [2.05, 4.69) is 53.4 Å². The summed E-state index contributed by atoms with van der Waals surface area (Å²) in [5.41, 5.74) is 4.68. The Morgan fingerprint density at radius 2 is 1.71 bits per heavy atom. The number of nitrogens with zero attached hydrogens (tertiary/aromatic N) is 3. The molecule has 0 unspecified atom stereocenters. The van der Waals surface area contributed by atoms with Gasteiger partial charge in [0.2, 0.25) is 0 Å². The van der Waals surface area contributed by atoms with Crippen LogP contribution in [0.15, 0.2) is 18.3 Å². The molecule has 0 spiro atoms. The Hall–Kier alpha value is -1.97. The van der Waals surface area contributed by atoms with Crippen LogP contribution in [0.1, 0.15) is 16.7 Å². The first kappa shape index (κ1) is 11.5. The Balaban J connectivity index is 2.60. The van der Waals surface area contributed by atoms with Gasteiger partial charge < -0.3 is 5.32 Å². The molecule has 1 aromatic heterocycles. The molecule has 0 saturated heterocycles. The fourth-order valence-corrected chi connectivity index (χ4v) is 2.06. The van der Waals surface area contributed by atoms with Crippen LogP contribution in [0.25, 0.3) is 11.4 Å². The van der Waals surface area contributed by atoms with E-state index in [1.54, 1.807) is 6.20 Å². The fourth-order valence-electron chi connectivity index (χ4n) is 2.06. The van der Waals surface area contributed by atoms with Gasteiger partial charge in [0.25, 0.3) is 0 Å². The van der Waals surface area contributed by atoms with Gasteiger partial charge >= 0.3 is 0 Å². The molecule has 4 nitrogen and oxygen atoms in total. The van der Waals surface area contributed by atoms with Crippen LogP contribution in [-0.4, -0.2) is 22.2 Å². The Morgan fingerprint density at radius 1 is 1.06 bits per heavy atom. The van der Waals surface area contributed by atoms with Crippen LogP contribution in [0.3, 0.4) is 0 Å². The molecule has 0 aliphatic carbocycles. The largest absolute Gasteiger partial charge is 0.372 e. The minimum absolute atomic E-state index is 0.673. The van der Waals surface area contributed by atoms with Crippen molar-refractivity contribution in [2.75, 3.05) is 12.4 Å². The van der Waals surface area contributed by atoms with Crippen LogP contribution in [0.2, 0.25) is 0 Å². The number of hydrogen-bond acceptors (Lipinski definition) is 4. The normalized spacial score (nSPS) is 10.4. The van der Waals surface area contributed by atoms with Crippen molar-refractivity contribution in [3.63, 3.8) is 0 Å². The van der Waals surface area contributed by atoms with Crippen LogP contribution in [0.5, 0.6) is 0 Å². The van der Waals surface area contributed by atoms with Gasteiger partial charge in [-0.2, -0.15) is 5.10 Å². The second-order valence-electron chi connectivity index (χ2n) is 4.19. The maximum Gasteiger partial charge on any atom is 0.184 e. The van der Waals surface area contributed by atoms with Crippen molar-refractivity contribution in [1.29, 1.82) is 0 Å². The van der Waals surface area contributed by atoms with Crippen LogP contribution >= 0.6 is 0 Å². The highest BCUT2D eigenvalue weighted by Crippen LogP contribution is 2.25. The maximum atomic E-state index is 4.43. The summed E-state index contributed by atoms with van der Waals surface area (Å²) in [6.45, 7) is 6.24. The van der Waals surface area contributed by atoms with Gasteiger partial charge in [-0.25, -0.2) is 4.98 Å². The molecule has 0 radical (unpaired) electrons. The molecular weight excluding hydrogens is 212 g/mol. The van der Waals surface area contributed by atoms with Gasteiger partial charge in [0.15, 0.2) is 5.82 Å². The number of aryl methyl sites for hydroxylation is 3. The Morgan fingerprint density at radius 3 is 2.29 bits per heavy atom. The van der Waals surface area contributed by atoms with Gasteiger partial charge in [-0.15, -0.1) is 5.10 Å². The summed E-state index contributed by atoms with van der Waals surface area (Å²) in [7, 11) is 1.82. The lowest BCUT2D eigenvalue weighted by Gasteiger charge is -2.10. The predicted octanol–water partition coefficient (Wildman–Crippen LogP) is 2.51. The van der Waals surface area contributed by atoms with Gasteiger partial charge in [-0.05, 0) is 31.9 Å². The molecule has 0 aliphatic heterocycles. The number of rotatable bonds is 2. The van der Waals surface area contributed by atoms with E-state index in [0.717, 1.165) is 11.4 Å². The van der Waals surface area contributed by atoms with E-state index >= 15 is 0 Å². The molecule has 2 rings (SSSR count). The average Bonchev–Trinajstić information content (AvgIpc) is 2.28. The Bertz CT molecular complexity index is 526. The van der Waals surface area contributed by atoms with Crippen LogP contribution in [0, 0.1) is 20.8 Å². The third kappa shape index (κ3) is 2.25. The highest BCUT2D eigenvalue weighted by molar-refractivity contribution is 5.65. The van der Waals surface area contributed by atoms with E-state index in [1.807, 2.05) is 7.05 Å². The highest BCUT2D eigenvalue weighted by Gasteiger charge is 2.10. The number of benzene rings is 1. The standard InChI is InChI=1S/C13H16N4/c1-8-5-9(2)12(10(3)6-8)13-16-11(14-4)7-15-17-13/h5-7H,1-4H3,(H,14,16,17). The molecule has 88 valence electrons. The summed E-state index contributed by atoms with van der Waals surface area (Å²) in [4.78, 5) is 4.43. The van der Waals surface area contributed by atoms with Gasteiger partial charge in [-0.3, -0.25) is 0 Å². The van der Waals surface area contributed by atoms with Crippen molar-refractivity contribution in [1.82, 2.24) is 15.2 Å². The lowest BCUT2D eigenvalue weighted by molar-refractivity contribution is 0.976. The first-order valence-corrected chi connectivity index (χ1v) is 5.57. The van der Waals surface area contributed by atoms with Crippen molar-refractivity contribution < 1.29 is 0 Å². The molecule has 0 bridgehead atoms. The fraction of sp³-hybridized carbons (Fsp3) is 0.308. The summed E-state index contributed by atoms with van der Waals surface area (Å²) >= 11 is 0. The van der Waals surface area contributed by atoms with E-state index in [0.29, 0.717) is 5.82 Å². The third-order valence-corrected chi connectivity index (χ3v) is 2.72. The first-order chi connectivity index (χ1) is 8.11. The topological polar surface area (TPSA) is 50.7 Å². The highest BCUT2D eigenvalue weighted by atomic mass is 15.2. The number of anilines is 1. The zero-order valence-corrected chi connectivity index (χ0v) is 10.6. The van der Waals surface area contributed by atoms with E-state index in [9.17, 15) is 0 Å². The van der Waals surface area contributed by atoms with Crippen molar-refractivity contribution >= 4 is 5.82 Å². The number of aromatic nitrogens is 3. The molecule has 0 saturated carbocycles. The molecule has 0 atom stereocenters. The Labute approximate surface area is 101 Å². The van der Waals surface area contributed by atoms with E-state index in [4.69, 9.17) is 0 Å².